The Morgan fingerprint density at radius 1 is 1.32 bits per heavy atom. The van der Waals surface area contributed by atoms with Crippen molar-refractivity contribution in [1.82, 2.24) is 5.32 Å². The number of fused-ring (bicyclic) bond motifs is 1. The normalized spacial score (nSPS) is 13.8. The van der Waals surface area contributed by atoms with Gasteiger partial charge in [-0.1, -0.05) is 18.2 Å². The highest BCUT2D eigenvalue weighted by atomic mass is 16.4. The Morgan fingerprint density at radius 2 is 2.05 bits per heavy atom. The summed E-state index contributed by atoms with van der Waals surface area (Å²) in [6.45, 7) is 2.93. The number of carbonyl (C=O) groups excluding carboxylic acids is 1. The van der Waals surface area contributed by atoms with Gasteiger partial charge in [-0.2, -0.15) is 0 Å². The zero-order valence-electron chi connectivity index (χ0n) is 11.1. The van der Waals surface area contributed by atoms with Crippen LogP contribution in [0.5, 0.6) is 0 Å². The fourth-order valence-corrected chi connectivity index (χ4v) is 1.98. The molecule has 0 aliphatic heterocycles. The van der Waals surface area contributed by atoms with Crippen molar-refractivity contribution in [1.29, 1.82) is 0 Å². The van der Waals surface area contributed by atoms with E-state index in [2.05, 4.69) is 11.4 Å². The van der Waals surface area contributed by atoms with Crippen molar-refractivity contribution in [2.45, 2.75) is 32.2 Å². The second-order valence-electron chi connectivity index (χ2n) is 5.24. The van der Waals surface area contributed by atoms with Gasteiger partial charge in [0.25, 0.3) is 5.91 Å². The van der Waals surface area contributed by atoms with Crippen molar-refractivity contribution in [3.8, 4) is 0 Å². The SMILES string of the molecule is CC(C)(NC(=O)c1ccc2c(c1)CCC=C2)C(=O)O. The van der Waals surface area contributed by atoms with Crippen molar-refractivity contribution in [3.05, 3.63) is 41.0 Å². The third kappa shape index (κ3) is 2.84. The minimum Gasteiger partial charge on any atom is -0.480 e. The van der Waals surface area contributed by atoms with Crippen molar-refractivity contribution in [3.63, 3.8) is 0 Å². The fraction of sp³-hybridized carbons (Fsp3) is 0.333. The van der Waals surface area contributed by atoms with Crippen LogP contribution in [-0.2, 0) is 11.2 Å². The molecule has 0 bridgehead atoms. The van der Waals surface area contributed by atoms with E-state index >= 15 is 0 Å². The molecular weight excluding hydrogens is 242 g/mol. The summed E-state index contributed by atoms with van der Waals surface area (Å²) in [7, 11) is 0. The first kappa shape index (κ1) is 13.3. The van der Waals surface area contributed by atoms with Gasteiger partial charge in [-0.15, -0.1) is 0 Å². The van der Waals surface area contributed by atoms with Gasteiger partial charge in [0.1, 0.15) is 5.54 Å². The highest BCUT2D eigenvalue weighted by Gasteiger charge is 2.29. The highest BCUT2D eigenvalue weighted by molar-refractivity contribution is 5.98. The van der Waals surface area contributed by atoms with Gasteiger partial charge in [0, 0.05) is 5.56 Å². The molecule has 1 amide bonds. The van der Waals surface area contributed by atoms with Gasteiger partial charge in [-0.25, -0.2) is 4.79 Å². The van der Waals surface area contributed by atoms with Crippen molar-refractivity contribution >= 4 is 18.0 Å². The first-order valence-electron chi connectivity index (χ1n) is 6.25. The van der Waals surface area contributed by atoms with Crippen molar-refractivity contribution < 1.29 is 14.7 Å². The van der Waals surface area contributed by atoms with Crippen LogP contribution in [0.4, 0.5) is 0 Å². The number of carboxylic acids is 1. The van der Waals surface area contributed by atoms with E-state index in [1.807, 2.05) is 18.2 Å². The van der Waals surface area contributed by atoms with Crippen molar-refractivity contribution in [2.24, 2.45) is 0 Å². The molecule has 0 saturated heterocycles. The highest BCUT2D eigenvalue weighted by Crippen LogP contribution is 2.20. The molecule has 2 rings (SSSR count). The maximum absolute atomic E-state index is 12.1. The standard InChI is InChI=1S/C15H17NO3/c1-15(2,14(18)19)16-13(17)12-8-7-10-5-3-4-6-11(10)9-12/h3,5,7-9H,4,6H2,1-2H3,(H,16,17)(H,18,19). The third-order valence-corrected chi connectivity index (χ3v) is 3.24. The molecule has 1 aliphatic carbocycles. The van der Waals surface area contributed by atoms with Crippen LogP contribution in [0.1, 0.15) is 41.8 Å². The van der Waals surface area contributed by atoms with Crippen LogP contribution in [0, 0.1) is 0 Å². The van der Waals surface area contributed by atoms with Crippen LogP contribution in [0.15, 0.2) is 24.3 Å². The summed E-state index contributed by atoms with van der Waals surface area (Å²) in [6, 6.07) is 5.46. The van der Waals surface area contributed by atoms with Crippen LogP contribution in [0.25, 0.3) is 6.08 Å². The lowest BCUT2D eigenvalue weighted by atomic mass is 9.95. The Morgan fingerprint density at radius 3 is 2.74 bits per heavy atom. The molecule has 100 valence electrons. The Kier molecular flexibility index (Phi) is 3.42. The topological polar surface area (TPSA) is 66.4 Å². The Balaban J connectivity index is 2.21. The number of carbonyl (C=O) groups is 2. The average Bonchev–Trinajstić information content (AvgIpc) is 2.37. The minimum atomic E-state index is -1.27. The lowest BCUT2D eigenvalue weighted by Crippen LogP contribution is -2.49. The van der Waals surface area contributed by atoms with E-state index in [0.29, 0.717) is 5.56 Å². The Hall–Kier alpha value is -2.10. The zero-order valence-corrected chi connectivity index (χ0v) is 11.1. The summed E-state index contributed by atoms with van der Waals surface area (Å²) in [4.78, 5) is 23.1. The molecule has 1 aromatic carbocycles. The maximum atomic E-state index is 12.1. The van der Waals surface area contributed by atoms with E-state index in [0.717, 1.165) is 24.0 Å². The molecule has 4 nitrogen and oxygen atoms in total. The van der Waals surface area contributed by atoms with Crippen LogP contribution in [0.3, 0.4) is 0 Å². The number of hydrogen-bond donors (Lipinski definition) is 2. The van der Waals surface area contributed by atoms with Gasteiger partial charge in [0.15, 0.2) is 0 Å². The number of aliphatic carboxylic acids is 1. The minimum absolute atomic E-state index is 0.357. The molecule has 19 heavy (non-hydrogen) atoms. The number of benzene rings is 1. The molecule has 0 radical (unpaired) electrons. The van der Waals surface area contributed by atoms with Gasteiger partial charge in [0.2, 0.25) is 0 Å². The van der Waals surface area contributed by atoms with E-state index < -0.39 is 11.5 Å². The molecule has 0 heterocycles. The van der Waals surface area contributed by atoms with Crippen LogP contribution in [-0.4, -0.2) is 22.5 Å². The molecule has 1 aliphatic rings. The Bertz CT molecular complexity index is 559. The zero-order chi connectivity index (χ0) is 14.0. The molecule has 0 atom stereocenters. The number of amides is 1. The second-order valence-corrected chi connectivity index (χ2v) is 5.24. The molecule has 1 aromatic rings. The van der Waals surface area contributed by atoms with E-state index in [1.54, 1.807) is 6.07 Å². The lowest BCUT2D eigenvalue weighted by molar-refractivity contribution is -0.143. The number of nitrogens with one attached hydrogen (secondary N) is 1. The van der Waals surface area contributed by atoms with E-state index in [4.69, 9.17) is 5.11 Å². The predicted octanol–water partition coefficient (Wildman–Crippen LogP) is 2.24. The summed E-state index contributed by atoms with van der Waals surface area (Å²) in [5.74, 6) is -1.41. The summed E-state index contributed by atoms with van der Waals surface area (Å²) < 4.78 is 0. The van der Waals surface area contributed by atoms with Gasteiger partial charge in [-0.3, -0.25) is 4.79 Å². The molecule has 0 spiro atoms. The first-order valence-corrected chi connectivity index (χ1v) is 6.25. The Labute approximate surface area is 112 Å². The predicted molar refractivity (Wildman–Crippen MR) is 73.0 cm³/mol. The largest absolute Gasteiger partial charge is 0.480 e. The monoisotopic (exact) mass is 259 g/mol. The number of rotatable bonds is 3. The van der Waals surface area contributed by atoms with Gasteiger partial charge in [0.05, 0.1) is 0 Å². The molecule has 0 fully saturated rings. The summed E-state index contributed by atoms with van der Waals surface area (Å²) in [5.41, 5.74) is 1.49. The molecule has 0 saturated carbocycles. The fourth-order valence-electron chi connectivity index (χ4n) is 1.98. The molecule has 4 heteroatoms. The summed E-state index contributed by atoms with van der Waals surface area (Å²) in [6.07, 6.45) is 6.03. The van der Waals surface area contributed by atoms with Crippen LogP contribution in [0.2, 0.25) is 0 Å². The van der Waals surface area contributed by atoms with Crippen LogP contribution < -0.4 is 5.32 Å². The van der Waals surface area contributed by atoms with Gasteiger partial charge in [-0.05, 0) is 49.9 Å². The van der Waals surface area contributed by atoms with Crippen molar-refractivity contribution in [2.75, 3.05) is 0 Å². The number of carboxylic acid groups (broad SMARTS) is 1. The number of allylic oxidation sites excluding steroid dienone is 1. The molecule has 0 aromatic heterocycles. The lowest BCUT2D eigenvalue weighted by Gasteiger charge is -2.21. The van der Waals surface area contributed by atoms with E-state index in [1.165, 1.54) is 13.8 Å². The maximum Gasteiger partial charge on any atom is 0.328 e. The average molecular weight is 259 g/mol. The van der Waals surface area contributed by atoms with E-state index in [9.17, 15) is 9.59 Å². The van der Waals surface area contributed by atoms with Crippen LogP contribution >= 0.6 is 0 Å². The quantitative estimate of drug-likeness (QED) is 0.874. The summed E-state index contributed by atoms with van der Waals surface area (Å²) in [5, 5.41) is 11.5. The molecule has 2 N–H and O–H groups in total. The molecular formula is C15H17NO3. The second kappa shape index (κ2) is 4.88. The summed E-state index contributed by atoms with van der Waals surface area (Å²) >= 11 is 0. The smallest absolute Gasteiger partial charge is 0.328 e. The van der Waals surface area contributed by atoms with Gasteiger partial charge < -0.3 is 10.4 Å². The first-order chi connectivity index (χ1) is 8.90. The number of aryl methyl sites for hydroxylation is 1. The van der Waals surface area contributed by atoms with E-state index in [-0.39, 0.29) is 5.91 Å². The molecule has 0 unspecified atom stereocenters. The van der Waals surface area contributed by atoms with Gasteiger partial charge >= 0.3 is 5.97 Å². The third-order valence-electron chi connectivity index (χ3n) is 3.24. The number of hydrogen-bond acceptors (Lipinski definition) is 2.